The maximum Gasteiger partial charge on any atom is 0.315 e. The van der Waals surface area contributed by atoms with Gasteiger partial charge in [0, 0.05) is 15.6 Å². The van der Waals surface area contributed by atoms with Crippen LogP contribution in [-0.4, -0.2) is 20.8 Å². The van der Waals surface area contributed by atoms with Crippen LogP contribution in [0.1, 0.15) is 35.8 Å². The van der Waals surface area contributed by atoms with Crippen LogP contribution in [0.25, 0.3) is 17.1 Å². The summed E-state index contributed by atoms with van der Waals surface area (Å²) in [6.45, 7) is 0.152. The van der Waals surface area contributed by atoms with Crippen LogP contribution in [0.5, 0.6) is 0 Å². The van der Waals surface area contributed by atoms with E-state index in [0.717, 1.165) is 24.9 Å². The first-order chi connectivity index (χ1) is 17.0. The molecule has 0 fully saturated rings. The number of fused-ring (bicyclic) bond motifs is 1. The lowest BCUT2D eigenvalue weighted by Gasteiger charge is -2.26. The number of aryl methyl sites for hydroxylation is 1. The van der Waals surface area contributed by atoms with E-state index in [9.17, 15) is 4.79 Å². The Morgan fingerprint density at radius 1 is 1.00 bits per heavy atom. The van der Waals surface area contributed by atoms with Crippen LogP contribution in [0.3, 0.4) is 0 Å². The normalized spacial score (nSPS) is 14.9. The Morgan fingerprint density at radius 3 is 2.57 bits per heavy atom. The standard InChI is InChI=1S/C26H22Cl3N5O/c27-17-8-11-19(12-9-17)34-25(21-13-10-18(28)14-22(21)29)32-24(33-34)15-30-26(35)31-23-7-3-5-16-4-1-2-6-20(16)23/h1-2,4,6,8-14,23H,3,5,7,15H2,(H2,30,31,35). The van der Waals surface area contributed by atoms with E-state index in [1.807, 2.05) is 24.3 Å². The van der Waals surface area contributed by atoms with E-state index in [1.54, 1.807) is 35.0 Å². The summed E-state index contributed by atoms with van der Waals surface area (Å²) in [5, 5.41) is 12.2. The summed E-state index contributed by atoms with van der Waals surface area (Å²) in [5.41, 5.74) is 3.90. The van der Waals surface area contributed by atoms with Crippen molar-refractivity contribution in [2.24, 2.45) is 0 Å². The second kappa shape index (κ2) is 10.3. The fourth-order valence-corrected chi connectivity index (χ4v) is 4.93. The quantitative estimate of drug-likeness (QED) is 0.301. The highest BCUT2D eigenvalue weighted by atomic mass is 35.5. The first-order valence-electron chi connectivity index (χ1n) is 11.3. The fourth-order valence-electron chi connectivity index (χ4n) is 4.31. The van der Waals surface area contributed by atoms with Crippen molar-refractivity contribution in [2.45, 2.75) is 31.8 Å². The molecule has 35 heavy (non-hydrogen) atoms. The molecule has 1 aliphatic rings. The monoisotopic (exact) mass is 525 g/mol. The van der Waals surface area contributed by atoms with Crippen molar-refractivity contribution in [2.75, 3.05) is 0 Å². The van der Waals surface area contributed by atoms with E-state index in [-0.39, 0.29) is 18.6 Å². The second-order valence-corrected chi connectivity index (χ2v) is 9.61. The maximum absolute atomic E-state index is 12.7. The van der Waals surface area contributed by atoms with Gasteiger partial charge < -0.3 is 10.6 Å². The van der Waals surface area contributed by atoms with Crippen molar-refractivity contribution >= 4 is 40.8 Å². The Labute approximate surface area is 218 Å². The van der Waals surface area contributed by atoms with Gasteiger partial charge in [-0.25, -0.2) is 14.5 Å². The molecule has 4 aromatic rings. The molecule has 9 heteroatoms. The van der Waals surface area contributed by atoms with Crippen molar-refractivity contribution in [1.29, 1.82) is 0 Å². The predicted octanol–water partition coefficient (Wildman–Crippen LogP) is 6.77. The summed E-state index contributed by atoms with van der Waals surface area (Å²) in [6.07, 6.45) is 2.99. The predicted molar refractivity (Wildman–Crippen MR) is 139 cm³/mol. The lowest BCUT2D eigenvalue weighted by Crippen LogP contribution is -2.38. The number of hydrogen-bond acceptors (Lipinski definition) is 3. The van der Waals surface area contributed by atoms with Crippen LogP contribution < -0.4 is 10.6 Å². The van der Waals surface area contributed by atoms with Gasteiger partial charge in [-0.05, 0) is 72.9 Å². The highest BCUT2D eigenvalue weighted by Gasteiger charge is 2.22. The molecule has 2 N–H and O–H groups in total. The van der Waals surface area contributed by atoms with Gasteiger partial charge in [0.05, 0.1) is 23.3 Å². The number of benzene rings is 3. The van der Waals surface area contributed by atoms with Crippen molar-refractivity contribution in [3.05, 3.63) is 98.7 Å². The van der Waals surface area contributed by atoms with Gasteiger partial charge >= 0.3 is 6.03 Å². The average molecular weight is 527 g/mol. The van der Waals surface area contributed by atoms with Crippen LogP contribution in [0.15, 0.2) is 66.7 Å². The molecule has 1 unspecified atom stereocenters. The summed E-state index contributed by atoms with van der Waals surface area (Å²) in [4.78, 5) is 17.4. The Kier molecular flexibility index (Phi) is 6.95. The smallest absolute Gasteiger partial charge is 0.315 e. The number of amides is 2. The molecule has 0 radical (unpaired) electrons. The molecule has 5 rings (SSSR count). The largest absolute Gasteiger partial charge is 0.331 e. The van der Waals surface area contributed by atoms with Crippen LogP contribution in [0.4, 0.5) is 4.79 Å². The van der Waals surface area contributed by atoms with Crippen LogP contribution in [-0.2, 0) is 13.0 Å². The molecule has 2 amide bonds. The third-order valence-electron chi connectivity index (χ3n) is 5.98. The summed E-state index contributed by atoms with van der Waals surface area (Å²) in [6, 6.07) is 20.4. The molecule has 1 aromatic heterocycles. The van der Waals surface area contributed by atoms with Gasteiger partial charge in [0.2, 0.25) is 0 Å². The molecule has 0 saturated heterocycles. The molecule has 0 saturated carbocycles. The number of rotatable bonds is 5. The summed E-state index contributed by atoms with van der Waals surface area (Å²) in [5.74, 6) is 0.979. The van der Waals surface area contributed by atoms with E-state index in [0.29, 0.717) is 32.3 Å². The highest BCUT2D eigenvalue weighted by molar-refractivity contribution is 6.36. The molecular weight excluding hydrogens is 505 g/mol. The van der Waals surface area contributed by atoms with Crippen molar-refractivity contribution in [3.63, 3.8) is 0 Å². The fraction of sp³-hybridized carbons (Fsp3) is 0.192. The number of carbonyl (C=O) groups excluding carboxylic acids is 1. The molecule has 1 aliphatic carbocycles. The highest BCUT2D eigenvalue weighted by Crippen LogP contribution is 2.31. The first-order valence-corrected chi connectivity index (χ1v) is 12.4. The summed E-state index contributed by atoms with van der Waals surface area (Å²) in [7, 11) is 0. The summed E-state index contributed by atoms with van der Waals surface area (Å²) < 4.78 is 1.68. The molecule has 0 bridgehead atoms. The van der Waals surface area contributed by atoms with E-state index in [4.69, 9.17) is 34.8 Å². The molecule has 0 spiro atoms. The van der Waals surface area contributed by atoms with E-state index >= 15 is 0 Å². The van der Waals surface area contributed by atoms with Crippen molar-refractivity contribution in [3.8, 4) is 17.1 Å². The maximum atomic E-state index is 12.7. The van der Waals surface area contributed by atoms with Crippen LogP contribution in [0.2, 0.25) is 15.1 Å². The third kappa shape index (κ3) is 5.30. The van der Waals surface area contributed by atoms with Crippen LogP contribution in [0, 0.1) is 0 Å². The van der Waals surface area contributed by atoms with Gasteiger partial charge in [0.1, 0.15) is 0 Å². The van der Waals surface area contributed by atoms with Gasteiger partial charge in [-0.1, -0.05) is 59.1 Å². The Morgan fingerprint density at radius 2 is 1.77 bits per heavy atom. The number of aromatic nitrogens is 3. The zero-order valence-electron chi connectivity index (χ0n) is 18.6. The number of nitrogens with zero attached hydrogens (tertiary/aromatic N) is 3. The van der Waals surface area contributed by atoms with Crippen molar-refractivity contribution in [1.82, 2.24) is 25.4 Å². The molecule has 1 heterocycles. The average Bonchev–Trinajstić information content (AvgIpc) is 3.27. The Hall–Kier alpha value is -3.06. The van der Waals surface area contributed by atoms with E-state index < -0.39 is 0 Å². The number of hydrogen-bond donors (Lipinski definition) is 2. The Balaban J connectivity index is 1.36. The molecule has 1 atom stereocenters. The first kappa shape index (κ1) is 23.7. The van der Waals surface area contributed by atoms with Crippen molar-refractivity contribution < 1.29 is 4.79 Å². The number of halogens is 3. The van der Waals surface area contributed by atoms with Gasteiger partial charge in [-0.2, -0.15) is 0 Å². The second-order valence-electron chi connectivity index (χ2n) is 8.33. The Bertz CT molecular complexity index is 1370. The zero-order chi connectivity index (χ0) is 24.4. The zero-order valence-corrected chi connectivity index (χ0v) is 20.9. The molecule has 0 aliphatic heterocycles. The van der Waals surface area contributed by atoms with Gasteiger partial charge in [0.25, 0.3) is 0 Å². The lowest BCUT2D eigenvalue weighted by molar-refractivity contribution is 0.235. The molecular formula is C26H22Cl3N5O. The van der Waals surface area contributed by atoms with E-state index in [1.165, 1.54) is 11.1 Å². The van der Waals surface area contributed by atoms with Crippen LogP contribution >= 0.6 is 34.8 Å². The topological polar surface area (TPSA) is 71.8 Å². The summed E-state index contributed by atoms with van der Waals surface area (Å²) >= 11 is 18.6. The molecule has 178 valence electrons. The number of nitrogens with one attached hydrogen (secondary N) is 2. The van der Waals surface area contributed by atoms with E-state index in [2.05, 4.69) is 32.8 Å². The molecule has 6 nitrogen and oxygen atoms in total. The number of urea groups is 1. The SMILES string of the molecule is O=C(NCc1nc(-c2ccc(Cl)cc2Cl)n(-c2ccc(Cl)cc2)n1)NC1CCCc2ccccc21. The van der Waals surface area contributed by atoms with Gasteiger partial charge in [-0.3, -0.25) is 0 Å². The molecule has 3 aromatic carbocycles. The minimum atomic E-state index is -0.263. The number of carbonyl (C=O) groups is 1. The lowest BCUT2D eigenvalue weighted by atomic mass is 9.88. The minimum absolute atomic E-state index is 0.0111. The van der Waals surface area contributed by atoms with Gasteiger partial charge in [0.15, 0.2) is 11.6 Å². The minimum Gasteiger partial charge on any atom is -0.331 e. The third-order valence-corrected chi connectivity index (χ3v) is 6.78. The van der Waals surface area contributed by atoms with Gasteiger partial charge in [-0.15, -0.1) is 5.10 Å².